The second-order valence-electron chi connectivity index (χ2n) is 8.84. The first-order valence-electron chi connectivity index (χ1n) is 11.0. The van der Waals surface area contributed by atoms with Gasteiger partial charge in [-0.15, -0.1) is 0 Å². The summed E-state index contributed by atoms with van der Waals surface area (Å²) in [6, 6.07) is 4.02. The van der Waals surface area contributed by atoms with Crippen LogP contribution in [0.4, 0.5) is 0 Å². The van der Waals surface area contributed by atoms with Crippen LogP contribution in [0, 0.1) is 0 Å². The number of aliphatic hydroxyl groups is 1. The van der Waals surface area contributed by atoms with Gasteiger partial charge in [-0.1, -0.05) is 12.2 Å². The third-order valence-corrected chi connectivity index (χ3v) is 6.71. The van der Waals surface area contributed by atoms with Gasteiger partial charge in [0.15, 0.2) is 11.5 Å². The van der Waals surface area contributed by atoms with Crippen LogP contribution in [0.3, 0.4) is 0 Å². The van der Waals surface area contributed by atoms with Crippen molar-refractivity contribution in [2.45, 2.75) is 63.0 Å². The third kappa shape index (κ3) is 3.38. The van der Waals surface area contributed by atoms with Gasteiger partial charge in [0.25, 0.3) is 0 Å². The minimum absolute atomic E-state index is 0.00636. The Morgan fingerprint density at radius 2 is 2.09 bits per heavy atom. The number of benzene rings is 1. The summed E-state index contributed by atoms with van der Waals surface area (Å²) in [7, 11) is 0. The van der Waals surface area contributed by atoms with Crippen LogP contribution >= 0.6 is 0 Å². The summed E-state index contributed by atoms with van der Waals surface area (Å²) < 4.78 is 22.8. The molecule has 8 heteroatoms. The minimum Gasteiger partial charge on any atom is -0.458 e. The van der Waals surface area contributed by atoms with Gasteiger partial charge < -0.3 is 24.1 Å². The molecule has 1 aliphatic carbocycles. The Kier molecular flexibility index (Phi) is 5.22. The molecule has 1 saturated heterocycles. The average Bonchev–Trinajstić information content (AvgIpc) is 3.27. The van der Waals surface area contributed by atoms with E-state index in [1.165, 1.54) is 6.08 Å². The second kappa shape index (κ2) is 7.94. The van der Waals surface area contributed by atoms with Crippen LogP contribution in [0.25, 0.3) is 0 Å². The van der Waals surface area contributed by atoms with E-state index in [9.17, 15) is 14.7 Å². The molecular formula is C24H27NO7. The normalized spacial score (nSPS) is 32.3. The second-order valence-corrected chi connectivity index (χ2v) is 8.84. The fourth-order valence-corrected chi connectivity index (χ4v) is 5.49. The van der Waals surface area contributed by atoms with E-state index in [-0.39, 0.29) is 31.3 Å². The molecule has 32 heavy (non-hydrogen) atoms. The minimum atomic E-state index is -0.748. The Hall–Kier alpha value is -2.84. The standard InChI is InChI=1S/C24H27NO7/c1-3-4-22(27)32-21-12-25-11-15-8-18-19(30-13-29-18)10-17(15)24(21)6-5-16(9-20(24)25)31-23(28)7-14(2)26/h3-6,8,10,14,16,20-21,26H,7,9,11-13H2,1-2H3/b4-3+/t14-,16-,20-,21-,24-/m0/s1. The molecule has 2 bridgehead atoms. The highest BCUT2D eigenvalue weighted by Gasteiger charge is 2.60. The molecule has 1 N–H and O–H groups in total. The highest BCUT2D eigenvalue weighted by Crippen LogP contribution is 2.54. The lowest BCUT2D eigenvalue weighted by Crippen LogP contribution is -2.53. The van der Waals surface area contributed by atoms with Crippen LogP contribution < -0.4 is 9.47 Å². The van der Waals surface area contributed by atoms with Crippen LogP contribution in [-0.4, -0.2) is 59.6 Å². The molecule has 6 atom stereocenters. The van der Waals surface area contributed by atoms with E-state index in [4.69, 9.17) is 18.9 Å². The zero-order valence-corrected chi connectivity index (χ0v) is 18.2. The van der Waals surface area contributed by atoms with Crippen molar-refractivity contribution in [3.05, 3.63) is 47.6 Å². The number of fused-ring (bicyclic) bond motifs is 2. The average molecular weight is 441 g/mol. The predicted octanol–water partition coefficient (Wildman–Crippen LogP) is 1.98. The first-order valence-corrected chi connectivity index (χ1v) is 11.0. The van der Waals surface area contributed by atoms with Gasteiger partial charge in [-0.05, 0) is 43.2 Å². The Bertz CT molecular complexity index is 1000. The largest absolute Gasteiger partial charge is 0.458 e. The highest BCUT2D eigenvalue weighted by molar-refractivity contribution is 5.82. The Labute approximate surface area is 186 Å². The lowest BCUT2D eigenvalue weighted by Gasteiger charge is -2.46. The third-order valence-electron chi connectivity index (χ3n) is 6.71. The number of hydrogen-bond donors (Lipinski definition) is 1. The van der Waals surface area contributed by atoms with E-state index in [0.29, 0.717) is 25.3 Å². The van der Waals surface area contributed by atoms with E-state index >= 15 is 0 Å². The van der Waals surface area contributed by atoms with Crippen molar-refractivity contribution < 1.29 is 33.6 Å². The Balaban J connectivity index is 1.52. The first kappa shape index (κ1) is 21.0. The van der Waals surface area contributed by atoms with Crippen LogP contribution in [0.5, 0.6) is 11.5 Å². The predicted molar refractivity (Wildman–Crippen MR) is 113 cm³/mol. The summed E-state index contributed by atoms with van der Waals surface area (Å²) in [5, 5.41) is 9.48. The van der Waals surface area contributed by atoms with Crippen molar-refractivity contribution in [1.82, 2.24) is 4.90 Å². The molecule has 0 radical (unpaired) electrons. The van der Waals surface area contributed by atoms with E-state index in [2.05, 4.69) is 4.90 Å². The maximum atomic E-state index is 12.4. The number of ether oxygens (including phenoxy) is 4. The number of nitrogens with zero attached hydrogens (tertiary/aromatic N) is 1. The fourth-order valence-electron chi connectivity index (χ4n) is 5.49. The molecule has 1 fully saturated rings. The fraction of sp³-hybridized carbons (Fsp3) is 0.500. The van der Waals surface area contributed by atoms with Crippen molar-refractivity contribution in [2.75, 3.05) is 13.3 Å². The molecule has 1 aromatic carbocycles. The molecule has 8 nitrogen and oxygen atoms in total. The smallest absolute Gasteiger partial charge is 0.330 e. The van der Waals surface area contributed by atoms with Gasteiger partial charge in [0, 0.05) is 31.6 Å². The summed E-state index contributed by atoms with van der Waals surface area (Å²) in [5.74, 6) is 0.616. The molecule has 1 aromatic rings. The number of carbonyl (C=O) groups is 2. The van der Waals surface area contributed by atoms with Crippen molar-refractivity contribution in [2.24, 2.45) is 0 Å². The van der Waals surface area contributed by atoms with Gasteiger partial charge in [0.1, 0.15) is 12.2 Å². The van der Waals surface area contributed by atoms with Crippen LogP contribution in [-0.2, 0) is 31.0 Å². The van der Waals surface area contributed by atoms with Gasteiger partial charge in [-0.25, -0.2) is 4.79 Å². The van der Waals surface area contributed by atoms with E-state index in [1.807, 2.05) is 24.3 Å². The van der Waals surface area contributed by atoms with E-state index < -0.39 is 23.6 Å². The van der Waals surface area contributed by atoms with Gasteiger partial charge in [-0.3, -0.25) is 9.69 Å². The number of aliphatic hydroxyl groups excluding tert-OH is 1. The zero-order valence-electron chi connectivity index (χ0n) is 18.2. The molecular weight excluding hydrogens is 414 g/mol. The van der Waals surface area contributed by atoms with E-state index in [1.54, 1.807) is 19.9 Å². The van der Waals surface area contributed by atoms with Crippen molar-refractivity contribution in [1.29, 1.82) is 0 Å². The number of carbonyl (C=O) groups excluding carboxylic acids is 2. The van der Waals surface area contributed by atoms with Crippen LogP contribution in [0.15, 0.2) is 36.4 Å². The van der Waals surface area contributed by atoms with Gasteiger partial charge in [-0.2, -0.15) is 0 Å². The SMILES string of the molecule is C/C=C/C(=O)O[C@H]1CN2Cc3cc4c(cc3[C@]13C=C[C@H](OC(=O)C[C@H](C)O)C[C@H]23)OCO4. The molecule has 0 amide bonds. The molecule has 3 aliphatic heterocycles. The first-order chi connectivity index (χ1) is 15.4. The molecule has 0 saturated carbocycles. The van der Waals surface area contributed by atoms with Crippen molar-refractivity contribution in [3.63, 3.8) is 0 Å². The topological polar surface area (TPSA) is 94.5 Å². The van der Waals surface area contributed by atoms with Crippen LogP contribution in [0.2, 0.25) is 0 Å². The van der Waals surface area contributed by atoms with Gasteiger partial charge in [0.2, 0.25) is 6.79 Å². The monoisotopic (exact) mass is 441 g/mol. The maximum Gasteiger partial charge on any atom is 0.330 e. The summed E-state index contributed by atoms with van der Waals surface area (Å²) in [6.07, 6.45) is 6.02. The van der Waals surface area contributed by atoms with Crippen molar-refractivity contribution >= 4 is 11.9 Å². The molecule has 0 aromatic heterocycles. The number of hydrogen-bond acceptors (Lipinski definition) is 8. The maximum absolute atomic E-state index is 12.4. The zero-order chi connectivity index (χ0) is 22.5. The highest BCUT2D eigenvalue weighted by atomic mass is 16.7. The quantitative estimate of drug-likeness (QED) is 0.421. The Morgan fingerprint density at radius 1 is 1.31 bits per heavy atom. The lowest BCUT2D eigenvalue weighted by atomic mass is 9.65. The molecule has 1 unspecified atom stereocenters. The molecule has 5 rings (SSSR count). The molecule has 0 spiro atoms. The van der Waals surface area contributed by atoms with E-state index in [0.717, 1.165) is 16.9 Å². The number of rotatable bonds is 5. The lowest BCUT2D eigenvalue weighted by molar-refractivity contribution is -0.150. The molecule has 4 aliphatic rings. The molecule has 170 valence electrons. The number of allylic oxidation sites excluding steroid dienone is 1. The summed E-state index contributed by atoms with van der Waals surface area (Å²) >= 11 is 0. The number of esters is 2. The van der Waals surface area contributed by atoms with Gasteiger partial charge in [0.05, 0.1) is 17.9 Å². The Morgan fingerprint density at radius 3 is 2.84 bits per heavy atom. The van der Waals surface area contributed by atoms with Crippen LogP contribution in [0.1, 0.15) is 37.8 Å². The van der Waals surface area contributed by atoms with Crippen molar-refractivity contribution in [3.8, 4) is 11.5 Å². The summed E-state index contributed by atoms with van der Waals surface area (Å²) in [6.45, 7) is 4.79. The summed E-state index contributed by atoms with van der Waals surface area (Å²) in [4.78, 5) is 26.8. The summed E-state index contributed by atoms with van der Waals surface area (Å²) in [5.41, 5.74) is 1.60. The van der Waals surface area contributed by atoms with Gasteiger partial charge >= 0.3 is 11.9 Å². The molecule has 3 heterocycles.